The van der Waals surface area contributed by atoms with Crippen LogP contribution in [0.5, 0.6) is 0 Å². The van der Waals surface area contributed by atoms with Gasteiger partial charge in [-0.1, -0.05) is 53.1 Å². The Kier molecular flexibility index (Phi) is 6.25. The standard InChI is InChI=1S/C16H28ClN3/c1-10(2)8-20(9-11(3)4)16-13(7)14(17)18-15(19-16)12(5)6/h10-12H,8-9H2,1-7H3. The minimum absolute atomic E-state index is 0.284. The molecule has 0 saturated carbocycles. The van der Waals surface area contributed by atoms with E-state index in [-0.39, 0.29) is 5.92 Å². The summed E-state index contributed by atoms with van der Waals surface area (Å²) in [6.45, 7) is 17.1. The molecule has 0 N–H and O–H groups in total. The number of anilines is 1. The Hall–Kier alpha value is -0.830. The van der Waals surface area contributed by atoms with E-state index in [2.05, 4.69) is 51.4 Å². The number of nitrogens with zero attached hydrogens (tertiary/aromatic N) is 3. The Morgan fingerprint density at radius 1 is 0.950 bits per heavy atom. The summed E-state index contributed by atoms with van der Waals surface area (Å²) in [5, 5.41) is 0.580. The van der Waals surface area contributed by atoms with Gasteiger partial charge in [-0.15, -0.1) is 0 Å². The minimum Gasteiger partial charge on any atom is -0.356 e. The van der Waals surface area contributed by atoms with E-state index in [1.807, 2.05) is 6.92 Å². The van der Waals surface area contributed by atoms with E-state index in [9.17, 15) is 0 Å². The van der Waals surface area contributed by atoms with Gasteiger partial charge in [-0.05, 0) is 18.8 Å². The third-order valence-corrected chi connectivity index (χ3v) is 3.43. The van der Waals surface area contributed by atoms with Gasteiger partial charge < -0.3 is 4.90 Å². The minimum atomic E-state index is 0.284. The molecule has 0 aliphatic rings. The van der Waals surface area contributed by atoms with Gasteiger partial charge in [-0.2, -0.15) is 0 Å². The van der Waals surface area contributed by atoms with Gasteiger partial charge in [0.2, 0.25) is 0 Å². The largest absolute Gasteiger partial charge is 0.356 e. The van der Waals surface area contributed by atoms with Crippen molar-refractivity contribution in [1.82, 2.24) is 9.97 Å². The van der Waals surface area contributed by atoms with Crippen molar-refractivity contribution in [3.63, 3.8) is 0 Å². The normalized spacial score (nSPS) is 11.8. The topological polar surface area (TPSA) is 29.0 Å². The summed E-state index contributed by atoms with van der Waals surface area (Å²) in [7, 11) is 0. The first-order valence-electron chi connectivity index (χ1n) is 7.51. The number of rotatable bonds is 6. The van der Waals surface area contributed by atoms with Crippen LogP contribution in [0, 0.1) is 18.8 Å². The van der Waals surface area contributed by atoms with Gasteiger partial charge in [0.15, 0.2) is 0 Å². The maximum Gasteiger partial charge on any atom is 0.137 e. The molecule has 1 heterocycles. The quantitative estimate of drug-likeness (QED) is 0.714. The van der Waals surface area contributed by atoms with Crippen LogP contribution in [0.15, 0.2) is 0 Å². The molecule has 20 heavy (non-hydrogen) atoms. The van der Waals surface area contributed by atoms with Crippen LogP contribution in [0.4, 0.5) is 5.82 Å². The van der Waals surface area contributed by atoms with Crippen molar-refractivity contribution in [2.45, 2.75) is 54.4 Å². The van der Waals surface area contributed by atoms with Gasteiger partial charge in [-0.3, -0.25) is 0 Å². The molecular formula is C16H28ClN3. The Morgan fingerprint density at radius 3 is 1.85 bits per heavy atom. The van der Waals surface area contributed by atoms with E-state index in [0.717, 1.165) is 30.3 Å². The molecule has 0 radical (unpaired) electrons. The zero-order valence-electron chi connectivity index (χ0n) is 13.9. The predicted octanol–water partition coefficient (Wildman–Crippen LogP) is 4.68. The number of hydrogen-bond donors (Lipinski definition) is 0. The zero-order valence-corrected chi connectivity index (χ0v) is 14.6. The zero-order chi connectivity index (χ0) is 15.4. The Labute approximate surface area is 128 Å². The fraction of sp³-hybridized carbons (Fsp3) is 0.750. The lowest BCUT2D eigenvalue weighted by Crippen LogP contribution is -2.33. The highest BCUT2D eigenvalue weighted by Crippen LogP contribution is 2.27. The van der Waals surface area contributed by atoms with Gasteiger partial charge in [0.25, 0.3) is 0 Å². The average molecular weight is 298 g/mol. The van der Waals surface area contributed by atoms with Gasteiger partial charge in [0, 0.05) is 24.6 Å². The highest BCUT2D eigenvalue weighted by Gasteiger charge is 2.18. The van der Waals surface area contributed by atoms with Gasteiger partial charge >= 0.3 is 0 Å². The Morgan fingerprint density at radius 2 is 1.45 bits per heavy atom. The molecule has 1 aromatic heterocycles. The lowest BCUT2D eigenvalue weighted by Gasteiger charge is -2.29. The molecule has 3 nitrogen and oxygen atoms in total. The number of halogens is 1. The third kappa shape index (κ3) is 4.62. The Bertz CT molecular complexity index is 432. The van der Waals surface area contributed by atoms with Gasteiger partial charge in [0.1, 0.15) is 16.8 Å². The van der Waals surface area contributed by atoms with Crippen molar-refractivity contribution in [1.29, 1.82) is 0 Å². The SMILES string of the molecule is Cc1c(Cl)nc(C(C)C)nc1N(CC(C)C)CC(C)C. The molecule has 0 aliphatic heterocycles. The van der Waals surface area contributed by atoms with Crippen LogP contribution in [0.2, 0.25) is 5.15 Å². The number of aromatic nitrogens is 2. The van der Waals surface area contributed by atoms with Crippen molar-refractivity contribution in [3.8, 4) is 0 Å². The summed E-state index contributed by atoms with van der Waals surface area (Å²) in [5.74, 6) is 3.28. The molecule has 0 atom stereocenters. The molecule has 114 valence electrons. The van der Waals surface area contributed by atoms with Crippen LogP contribution < -0.4 is 4.90 Å². The second kappa shape index (κ2) is 7.26. The summed E-state index contributed by atoms with van der Waals surface area (Å²) in [6, 6.07) is 0. The highest BCUT2D eigenvalue weighted by molar-refractivity contribution is 6.30. The fourth-order valence-corrected chi connectivity index (χ4v) is 2.36. The maximum absolute atomic E-state index is 6.30. The Balaban J connectivity index is 3.23. The summed E-state index contributed by atoms with van der Waals surface area (Å²) >= 11 is 6.30. The van der Waals surface area contributed by atoms with Crippen LogP contribution in [0.25, 0.3) is 0 Å². The molecule has 0 amide bonds. The summed E-state index contributed by atoms with van der Waals surface area (Å²) in [4.78, 5) is 11.5. The first kappa shape index (κ1) is 17.2. The number of hydrogen-bond acceptors (Lipinski definition) is 3. The van der Waals surface area contributed by atoms with E-state index < -0.39 is 0 Å². The maximum atomic E-state index is 6.30. The molecule has 0 unspecified atom stereocenters. The van der Waals surface area contributed by atoms with Crippen LogP contribution in [-0.2, 0) is 0 Å². The summed E-state index contributed by atoms with van der Waals surface area (Å²) < 4.78 is 0. The molecule has 4 heteroatoms. The van der Waals surface area contributed by atoms with Crippen LogP contribution in [0.3, 0.4) is 0 Å². The van der Waals surface area contributed by atoms with Crippen molar-refractivity contribution in [3.05, 3.63) is 16.5 Å². The molecule has 1 aromatic rings. The third-order valence-electron chi connectivity index (χ3n) is 3.07. The average Bonchev–Trinajstić information content (AvgIpc) is 2.30. The summed E-state index contributed by atoms with van der Waals surface area (Å²) in [5.41, 5.74) is 0.984. The highest BCUT2D eigenvalue weighted by atomic mass is 35.5. The monoisotopic (exact) mass is 297 g/mol. The first-order chi connectivity index (χ1) is 9.22. The van der Waals surface area contributed by atoms with Crippen molar-refractivity contribution in [2.24, 2.45) is 11.8 Å². The molecule has 0 spiro atoms. The van der Waals surface area contributed by atoms with Crippen molar-refractivity contribution in [2.75, 3.05) is 18.0 Å². The smallest absolute Gasteiger partial charge is 0.137 e. The second-order valence-electron chi connectivity index (χ2n) is 6.67. The molecule has 0 aromatic carbocycles. The van der Waals surface area contributed by atoms with Crippen LogP contribution in [-0.4, -0.2) is 23.1 Å². The van der Waals surface area contributed by atoms with E-state index in [1.165, 1.54) is 0 Å². The van der Waals surface area contributed by atoms with E-state index in [1.54, 1.807) is 0 Å². The lowest BCUT2D eigenvalue weighted by molar-refractivity contribution is 0.546. The molecule has 0 fully saturated rings. The molecular weight excluding hydrogens is 270 g/mol. The summed E-state index contributed by atoms with van der Waals surface area (Å²) in [6.07, 6.45) is 0. The molecule has 0 aliphatic carbocycles. The fourth-order valence-electron chi connectivity index (χ4n) is 2.19. The lowest BCUT2D eigenvalue weighted by atomic mass is 10.1. The molecule has 0 saturated heterocycles. The first-order valence-corrected chi connectivity index (χ1v) is 7.89. The van der Waals surface area contributed by atoms with E-state index >= 15 is 0 Å². The van der Waals surface area contributed by atoms with E-state index in [4.69, 9.17) is 16.6 Å². The van der Waals surface area contributed by atoms with Gasteiger partial charge in [-0.25, -0.2) is 9.97 Å². The second-order valence-corrected chi connectivity index (χ2v) is 7.03. The van der Waals surface area contributed by atoms with Crippen molar-refractivity contribution >= 4 is 17.4 Å². The van der Waals surface area contributed by atoms with Crippen LogP contribution >= 0.6 is 11.6 Å². The van der Waals surface area contributed by atoms with E-state index in [0.29, 0.717) is 17.0 Å². The molecule has 0 bridgehead atoms. The van der Waals surface area contributed by atoms with Crippen molar-refractivity contribution < 1.29 is 0 Å². The predicted molar refractivity (Wildman–Crippen MR) is 87.8 cm³/mol. The molecule has 1 rings (SSSR count). The van der Waals surface area contributed by atoms with Crippen LogP contribution in [0.1, 0.15) is 58.8 Å². The van der Waals surface area contributed by atoms with Gasteiger partial charge in [0.05, 0.1) is 0 Å².